The minimum Gasteiger partial charge on any atom is -0.385 e. The number of hydrogen-bond donors (Lipinski definition) is 1. The Morgan fingerprint density at radius 1 is 1.32 bits per heavy atom. The first-order valence-corrected chi connectivity index (χ1v) is 8.06. The molecule has 4 heterocycles. The second-order valence-electron chi connectivity index (χ2n) is 5.81. The van der Waals surface area contributed by atoms with Crippen molar-refractivity contribution in [2.75, 3.05) is 31.5 Å². The Labute approximate surface area is 117 Å². The molecule has 3 fully saturated rings. The number of benzene rings is 1. The molecular formula is C15H19N3S. The molecule has 2 bridgehead atoms. The Kier molecular flexibility index (Phi) is 2.93. The third-order valence-corrected chi connectivity index (χ3v) is 5.50. The van der Waals surface area contributed by atoms with Crippen molar-refractivity contribution in [3.63, 3.8) is 0 Å². The molecule has 0 saturated carbocycles. The number of thiazole rings is 1. The van der Waals surface area contributed by atoms with Crippen LogP contribution in [0.1, 0.15) is 12.8 Å². The number of piperidine rings is 3. The summed E-state index contributed by atoms with van der Waals surface area (Å²) >= 11 is 1.71. The van der Waals surface area contributed by atoms with Crippen LogP contribution in [-0.4, -0.2) is 36.1 Å². The van der Waals surface area contributed by atoms with Gasteiger partial charge in [0.05, 0.1) is 15.7 Å². The van der Waals surface area contributed by atoms with Crippen molar-refractivity contribution in [3.05, 3.63) is 23.7 Å². The van der Waals surface area contributed by atoms with Gasteiger partial charge in [-0.25, -0.2) is 4.98 Å². The molecule has 100 valence electrons. The normalized spacial score (nSPS) is 29.8. The molecule has 3 nitrogen and oxygen atoms in total. The summed E-state index contributed by atoms with van der Waals surface area (Å²) in [5.74, 6) is 1.77. The van der Waals surface area contributed by atoms with Crippen LogP contribution in [-0.2, 0) is 0 Å². The molecule has 0 radical (unpaired) electrons. The predicted octanol–water partition coefficient (Wildman–Crippen LogP) is 3.05. The predicted molar refractivity (Wildman–Crippen MR) is 80.8 cm³/mol. The first-order chi connectivity index (χ1) is 9.38. The van der Waals surface area contributed by atoms with Gasteiger partial charge in [0.1, 0.15) is 0 Å². The van der Waals surface area contributed by atoms with Crippen LogP contribution < -0.4 is 5.32 Å². The van der Waals surface area contributed by atoms with E-state index in [-0.39, 0.29) is 0 Å². The monoisotopic (exact) mass is 273 g/mol. The number of anilines is 1. The molecular weight excluding hydrogens is 254 g/mol. The van der Waals surface area contributed by atoms with Crippen molar-refractivity contribution >= 4 is 27.2 Å². The second kappa shape index (κ2) is 4.76. The van der Waals surface area contributed by atoms with E-state index >= 15 is 0 Å². The fourth-order valence-electron chi connectivity index (χ4n) is 3.54. The molecule has 1 unspecified atom stereocenters. The Hall–Kier alpha value is -1.13. The molecule has 0 amide bonds. The van der Waals surface area contributed by atoms with E-state index in [0.717, 1.165) is 23.9 Å². The van der Waals surface area contributed by atoms with Gasteiger partial charge in [0.25, 0.3) is 0 Å². The zero-order valence-corrected chi connectivity index (χ0v) is 11.8. The molecule has 0 spiro atoms. The molecule has 2 aromatic rings. The van der Waals surface area contributed by atoms with E-state index in [1.54, 1.807) is 11.3 Å². The summed E-state index contributed by atoms with van der Waals surface area (Å²) < 4.78 is 1.27. The summed E-state index contributed by atoms with van der Waals surface area (Å²) in [5, 5.41) is 3.62. The van der Waals surface area contributed by atoms with Crippen molar-refractivity contribution < 1.29 is 0 Å². The standard InChI is InChI=1S/C15H19N3S/c1-2-15-14(17-10-19-15)7-13(1)16-8-12-9-18-5-3-11(12)4-6-18/h1-2,7,10-12,16H,3-6,8-9H2. The van der Waals surface area contributed by atoms with Gasteiger partial charge in [-0.15, -0.1) is 11.3 Å². The largest absolute Gasteiger partial charge is 0.385 e. The summed E-state index contributed by atoms with van der Waals surface area (Å²) in [6.45, 7) is 5.05. The third kappa shape index (κ3) is 2.23. The molecule has 1 aromatic heterocycles. The minimum atomic E-state index is 0.827. The quantitative estimate of drug-likeness (QED) is 0.931. The van der Waals surface area contributed by atoms with Gasteiger partial charge in [-0.3, -0.25) is 0 Å². The second-order valence-corrected chi connectivity index (χ2v) is 6.70. The lowest BCUT2D eigenvalue weighted by Gasteiger charge is -2.45. The third-order valence-electron chi connectivity index (χ3n) is 4.69. The zero-order valence-electron chi connectivity index (χ0n) is 11.0. The lowest BCUT2D eigenvalue weighted by atomic mass is 9.79. The lowest BCUT2D eigenvalue weighted by molar-refractivity contribution is 0.0574. The maximum Gasteiger partial charge on any atom is 0.0832 e. The summed E-state index contributed by atoms with van der Waals surface area (Å²) in [5.41, 5.74) is 4.25. The number of nitrogens with zero attached hydrogens (tertiary/aromatic N) is 2. The van der Waals surface area contributed by atoms with E-state index < -0.39 is 0 Å². The molecule has 1 aromatic carbocycles. The Morgan fingerprint density at radius 2 is 2.21 bits per heavy atom. The van der Waals surface area contributed by atoms with Gasteiger partial charge in [0.15, 0.2) is 0 Å². The van der Waals surface area contributed by atoms with Crippen molar-refractivity contribution in [1.82, 2.24) is 9.88 Å². The first kappa shape index (κ1) is 11.7. The van der Waals surface area contributed by atoms with Crippen LogP contribution in [0.25, 0.3) is 10.2 Å². The topological polar surface area (TPSA) is 28.2 Å². The number of rotatable bonds is 3. The smallest absolute Gasteiger partial charge is 0.0832 e. The van der Waals surface area contributed by atoms with Gasteiger partial charge in [-0.2, -0.15) is 0 Å². The van der Waals surface area contributed by atoms with Crippen LogP contribution >= 0.6 is 11.3 Å². The molecule has 1 atom stereocenters. The van der Waals surface area contributed by atoms with E-state index in [0.29, 0.717) is 0 Å². The van der Waals surface area contributed by atoms with Gasteiger partial charge in [0, 0.05) is 18.8 Å². The van der Waals surface area contributed by atoms with E-state index in [1.807, 2.05) is 5.51 Å². The maximum absolute atomic E-state index is 4.38. The fourth-order valence-corrected chi connectivity index (χ4v) is 4.19. The SMILES string of the molecule is c1nc2cc(NCC3CN4CCC3CC4)ccc2s1. The minimum absolute atomic E-state index is 0.827. The summed E-state index contributed by atoms with van der Waals surface area (Å²) in [7, 11) is 0. The van der Waals surface area contributed by atoms with Crippen molar-refractivity contribution in [2.45, 2.75) is 12.8 Å². The molecule has 3 aliphatic rings. The Morgan fingerprint density at radius 3 is 3.00 bits per heavy atom. The average Bonchev–Trinajstić information content (AvgIpc) is 2.94. The summed E-state index contributed by atoms with van der Waals surface area (Å²) in [6, 6.07) is 6.53. The molecule has 4 heteroatoms. The van der Waals surface area contributed by atoms with Crippen LogP contribution in [0.2, 0.25) is 0 Å². The maximum atomic E-state index is 4.38. The highest BCUT2D eigenvalue weighted by Crippen LogP contribution is 2.32. The number of aromatic nitrogens is 1. The van der Waals surface area contributed by atoms with Crippen molar-refractivity contribution in [3.8, 4) is 0 Å². The molecule has 5 rings (SSSR count). The molecule has 1 N–H and O–H groups in total. The Balaban J connectivity index is 1.44. The highest BCUT2D eigenvalue weighted by Gasteiger charge is 2.33. The summed E-state index contributed by atoms with van der Waals surface area (Å²) in [6.07, 6.45) is 2.80. The zero-order chi connectivity index (χ0) is 12.7. The molecule has 19 heavy (non-hydrogen) atoms. The van der Waals surface area contributed by atoms with Gasteiger partial charge >= 0.3 is 0 Å². The lowest BCUT2D eigenvalue weighted by Crippen LogP contribution is -2.49. The number of nitrogens with one attached hydrogen (secondary N) is 1. The molecule has 3 saturated heterocycles. The number of fused-ring (bicyclic) bond motifs is 4. The molecule has 0 aliphatic carbocycles. The van der Waals surface area contributed by atoms with Crippen LogP contribution in [0.3, 0.4) is 0 Å². The van der Waals surface area contributed by atoms with Crippen molar-refractivity contribution in [2.24, 2.45) is 11.8 Å². The van der Waals surface area contributed by atoms with Crippen LogP contribution in [0.4, 0.5) is 5.69 Å². The van der Waals surface area contributed by atoms with Gasteiger partial charge in [-0.05, 0) is 56.0 Å². The summed E-state index contributed by atoms with van der Waals surface area (Å²) in [4.78, 5) is 7.00. The fraction of sp³-hybridized carbons (Fsp3) is 0.533. The number of hydrogen-bond acceptors (Lipinski definition) is 4. The van der Waals surface area contributed by atoms with E-state index in [9.17, 15) is 0 Å². The average molecular weight is 273 g/mol. The van der Waals surface area contributed by atoms with Crippen LogP contribution in [0, 0.1) is 11.8 Å². The van der Waals surface area contributed by atoms with E-state index in [1.165, 1.54) is 42.9 Å². The van der Waals surface area contributed by atoms with Gasteiger partial charge < -0.3 is 10.2 Å². The highest BCUT2D eigenvalue weighted by atomic mass is 32.1. The van der Waals surface area contributed by atoms with E-state index in [2.05, 4.69) is 33.4 Å². The Bertz CT molecular complexity index is 572. The molecule has 3 aliphatic heterocycles. The highest BCUT2D eigenvalue weighted by molar-refractivity contribution is 7.16. The van der Waals surface area contributed by atoms with Crippen LogP contribution in [0.15, 0.2) is 23.7 Å². The van der Waals surface area contributed by atoms with Gasteiger partial charge in [0.2, 0.25) is 0 Å². The van der Waals surface area contributed by atoms with Gasteiger partial charge in [-0.1, -0.05) is 0 Å². The first-order valence-electron chi connectivity index (χ1n) is 7.18. The van der Waals surface area contributed by atoms with Crippen molar-refractivity contribution in [1.29, 1.82) is 0 Å². The van der Waals surface area contributed by atoms with Crippen LogP contribution in [0.5, 0.6) is 0 Å². The van der Waals surface area contributed by atoms with E-state index in [4.69, 9.17) is 0 Å².